The maximum absolute atomic E-state index is 14.3. The molecule has 242 valence electrons. The van der Waals surface area contributed by atoms with Crippen molar-refractivity contribution in [1.82, 2.24) is 14.7 Å². The fourth-order valence-corrected chi connectivity index (χ4v) is 7.14. The predicted molar refractivity (Wildman–Crippen MR) is 167 cm³/mol. The Morgan fingerprint density at radius 2 is 1.73 bits per heavy atom. The lowest BCUT2D eigenvalue weighted by atomic mass is 9.79. The van der Waals surface area contributed by atoms with Crippen LogP contribution in [0.3, 0.4) is 0 Å². The molecule has 45 heavy (non-hydrogen) atoms. The molecule has 0 amide bonds. The lowest BCUT2D eigenvalue weighted by molar-refractivity contribution is -0.145. The van der Waals surface area contributed by atoms with E-state index in [0.717, 1.165) is 91.8 Å². The fourth-order valence-electron chi connectivity index (χ4n) is 6.97. The molecule has 7 nitrogen and oxygen atoms in total. The predicted octanol–water partition coefficient (Wildman–Crippen LogP) is 7.56. The van der Waals surface area contributed by atoms with Crippen LogP contribution in [0.5, 0.6) is 0 Å². The van der Waals surface area contributed by atoms with Crippen LogP contribution in [0.25, 0.3) is 11.1 Å². The number of aromatic carboxylic acids is 1. The minimum Gasteiger partial charge on any atom is -0.478 e. The largest absolute Gasteiger partial charge is 0.478 e. The highest BCUT2D eigenvalue weighted by Gasteiger charge is 2.42. The Labute approximate surface area is 265 Å². The van der Waals surface area contributed by atoms with Gasteiger partial charge in [-0.05, 0) is 81.3 Å². The number of carboxylic acids is 1. The van der Waals surface area contributed by atoms with Gasteiger partial charge in [0.25, 0.3) is 0 Å². The maximum Gasteiger partial charge on any atom is 0.433 e. The van der Waals surface area contributed by atoms with Crippen LogP contribution in [0.15, 0.2) is 48.7 Å². The summed E-state index contributed by atoms with van der Waals surface area (Å²) in [6.45, 7) is 5.47. The van der Waals surface area contributed by atoms with E-state index in [2.05, 4.69) is 39.2 Å². The van der Waals surface area contributed by atoms with Crippen molar-refractivity contribution < 1.29 is 27.5 Å². The molecule has 2 aromatic carbocycles. The Bertz CT molecular complexity index is 1500. The third-order valence-corrected chi connectivity index (χ3v) is 9.84. The molecule has 1 unspecified atom stereocenters. The van der Waals surface area contributed by atoms with Crippen LogP contribution in [-0.4, -0.2) is 77.2 Å². The zero-order valence-electron chi connectivity index (χ0n) is 25.1. The normalized spacial score (nSPS) is 20.7. The van der Waals surface area contributed by atoms with Gasteiger partial charge in [-0.25, -0.2) is 9.18 Å². The number of hydrogen-bond donors (Lipinski definition) is 1. The molecule has 3 aromatic rings. The van der Waals surface area contributed by atoms with Crippen molar-refractivity contribution in [2.24, 2.45) is 0 Å². The third-order valence-electron chi connectivity index (χ3n) is 9.60. The number of anilines is 2. The van der Waals surface area contributed by atoms with E-state index in [0.29, 0.717) is 30.8 Å². The molecule has 1 atom stereocenters. The summed E-state index contributed by atoms with van der Waals surface area (Å²) in [4.78, 5) is 18.3. The number of rotatable bonds is 9. The number of halogens is 5. The number of alkyl halides is 4. The fraction of sp³-hybridized carbons (Fsp3) is 0.515. The molecule has 12 heteroatoms. The topological polar surface area (TPSA) is 64.8 Å². The van der Waals surface area contributed by atoms with Gasteiger partial charge in [0.05, 0.1) is 12.2 Å². The number of nitrogens with zero attached hydrogens (tertiary/aromatic N) is 5. The van der Waals surface area contributed by atoms with Crippen LogP contribution in [0.2, 0.25) is 5.02 Å². The van der Waals surface area contributed by atoms with E-state index in [-0.39, 0.29) is 6.54 Å². The summed E-state index contributed by atoms with van der Waals surface area (Å²) in [5.74, 6) is -1.65. The van der Waals surface area contributed by atoms with Gasteiger partial charge < -0.3 is 14.9 Å². The van der Waals surface area contributed by atoms with Gasteiger partial charge in [0.1, 0.15) is 11.2 Å². The molecular weight excluding hydrogens is 610 g/mol. The maximum atomic E-state index is 14.3. The van der Waals surface area contributed by atoms with Crippen molar-refractivity contribution in [2.45, 2.75) is 62.8 Å². The second-order valence-electron chi connectivity index (χ2n) is 12.5. The standard InChI is InChI=1S/C33H38ClF4N5O2/c34-24-7-10-27(23-5-8-25(9-6-23)41-18-16-40(17-19-41)14-3-13-32(35)11-2-12-32)29(20-24)42-15-1-4-26(22-42)43-30(33(36,37)38)28(21-39-43)31(44)45/h5-10,20-21,26H,1-4,11-19,22H2,(H,44,45). The van der Waals surface area contributed by atoms with E-state index in [9.17, 15) is 27.5 Å². The van der Waals surface area contributed by atoms with Crippen molar-refractivity contribution in [1.29, 1.82) is 0 Å². The number of hydrogen-bond acceptors (Lipinski definition) is 5. The van der Waals surface area contributed by atoms with Crippen molar-refractivity contribution in [3.8, 4) is 11.1 Å². The molecule has 1 N–H and O–H groups in total. The van der Waals surface area contributed by atoms with Crippen molar-refractivity contribution >= 4 is 28.9 Å². The highest BCUT2D eigenvalue weighted by atomic mass is 35.5. The van der Waals surface area contributed by atoms with Crippen LogP contribution in [-0.2, 0) is 6.18 Å². The second kappa shape index (κ2) is 12.8. The van der Waals surface area contributed by atoms with E-state index < -0.39 is 35.1 Å². The van der Waals surface area contributed by atoms with Crippen LogP contribution < -0.4 is 9.80 Å². The lowest BCUT2D eigenvalue weighted by Gasteiger charge is -2.38. The molecule has 3 heterocycles. The number of piperazine rings is 1. The molecule has 0 bridgehead atoms. The number of benzene rings is 2. The zero-order valence-corrected chi connectivity index (χ0v) is 25.8. The van der Waals surface area contributed by atoms with Gasteiger partial charge in [-0.1, -0.05) is 29.8 Å². The van der Waals surface area contributed by atoms with Gasteiger partial charge in [0.2, 0.25) is 0 Å². The highest BCUT2D eigenvalue weighted by molar-refractivity contribution is 6.31. The summed E-state index contributed by atoms with van der Waals surface area (Å²) in [7, 11) is 0. The first-order valence-electron chi connectivity index (χ1n) is 15.7. The monoisotopic (exact) mass is 647 g/mol. The van der Waals surface area contributed by atoms with Crippen LogP contribution in [0, 0.1) is 0 Å². The van der Waals surface area contributed by atoms with E-state index in [1.54, 1.807) is 6.07 Å². The van der Waals surface area contributed by atoms with E-state index >= 15 is 0 Å². The summed E-state index contributed by atoms with van der Waals surface area (Å²) in [6, 6.07) is 13.2. The van der Waals surface area contributed by atoms with Crippen LogP contribution >= 0.6 is 11.6 Å². The first-order chi connectivity index (χ1) is 21.5. The minimum atomic E-state index is -4.85. The Kier molecular flexibility index (Phi) is 9.03. The van der Waals surface area contributed by atoms with Crippen LogP contribution in [0.1, 0.15) is 67.0 Å². The number of piperidine rings is 1. The summed E-state index contributed by atoms with van der Waals surface area (Å²) in [5.41, 5.74) is 0.823. The van der Waals surface area contributed by atoms with Gasteiger partial charge in [-0.2, -0.15) is 18.3 Å². The van der Waals surface area contributed by atoms with E-state index in [1.165, 1.54) is 0 Å². The molecule has 3 aliphatic rings. The van der Waals surface area contributed by atoms with Crippen molar-refractivity contribution in [3.63, 3.8) is 0 Å². The molecule has 1 saturated carbocycles. The number of carbonyl (C=O) groups is 1. The number of carboxylic acid groups (broad SMARTS) is 1. The molecule has 6 rings (SSSR count). The smallest absolute Gasteiger partial charge is 0.433 e. The SMILES string of the molecule is O=C(O)c1cnn(C2CCCN(c3cc(Cl)ccc3-c3ccc(N4CCN(CCCC5(F)CCC5)CC4)cc3)C2)c1C(F)(F)F. The Balaban J connectivity index is 1.14. The highest BCUT2D eigenvalue weighted by Crippen LogP contribution is 2.41. The Hall–Kier alpha value is -3.31. The summed E-state index contributed by atoms with van der Waals surface area (Å²) in [5, 5.41) is 13.7. The lowest BCUT2D eigenvalue weighted by Crippen LogP contribution is -2.47. The van der Waals surface area contributed by atoms with Gasteiger partial charge >= 0.3 is 12.1 Å². The van der Waals surface area contributed by atoms with Gasteiger partial charge in [-0.15, -0.1) is 0 Å². The zero-order chi connectivity index (χ0) is 31.8. The van der Waals surface area contributed by atoms with Crippen LogP contribution in [0.4, 0.5) is 28.9 Å². The minimum absolute atomic E-state index is 0.228. The number of aromatic nitrogens is 2. The van der Waals surface area contributed by atoms with Gasteiger partial charge in [0, 0.05) is 61.2 Å². The first kappa shape index (κ1) is 31.7. The average Bonchev–Trinajstić information content (AvgIpc) is 3.48. The summed E-state index contributed by atoms with van der Waals surface area (Å²) < 4.78 is 56.9. The van der Waals surface area contributed by atoms with Crippen molar-refractivity contribution in [3.05, 3.63) is 64.9 Å². The molecule has 2 saturated heterocycles. The molecule has 0 spiro atoms. The van der Waals surface area contributed by atoms with E-state index in [1.807, 2.05) is 17.0 Å². The molecule has 0 radical (unpaired) electrons. The van der Waals surface area contributed by atoms with Crippen molar-refractivity contribution in [2.75, 3.05) is 55.6 Å². The molecular formula is C33H38ClF4N5O2. The second-order valence-corrected chi connectivity index (χ2v) is 13.0. The average molecular weight is 648 g/mol. The van der Waals surface area contributed by atoms with E-state index in [4.69, 9.17) is 11.6 Å². The third kappa shape index (κ3) is 6.94. The quantitative estimate of drug-likeness (QED) is 0.242. The molecule has 2 aliphatic heterocycles. The molecule has 1 aromatic heterocycles. The Morgan fingerprint density at radius 1 is 1.00 bits per heavy atom. The van der Waals surface area contributed by atoms with Gasteiger partial charge in [0.15, 0.2) is 5.69 Å². The molecule has 3 fully saturated rings. The first-order valence-corrected chi connectivity index (χ1v) is 16.1. The summed E-state index contributed by atoms with van der Waals surface area (Å²) >= 11 is 6.42. The summed E-state index contributed by atoms with van der Waals surface area (Å²) in [6.07, 6.45) is 1.01. The van der Waals surface area contributed by atoms with Gasteiger partial charge in [-0.3, -0.25) is 9.58 Å². The Morgan fingerprint density at radius 3 is 2.38 bits per heavy atom. The molecule has 1 aliphatic carbocycles.